The Morgan fingerprint density at radius 1 is 1.23 bits per heavy atom. The molecule has 8 nitrogen and oxygen atoms in total. The van der Waals surface area contributed by atoms with E-state index in [0.717, 1.165) is 17.8 Å². The van der Waals surface area contributed by atoms with Gasteiger partial charge in [0, 0.05) is 12.2 Å². The first-order valence-electron chi connectivity index (χ1n) is 8.22. The third kappa shape index (κ3) is 4.23. The minimum Gasteiger partial charge on any atom is -0.355 e. The molecular weight excluding hydrogens is 350 g/mol. The van der Waals surface area contributed by atoms with Crippen molar-refractivity contribution in [1.29, 1.82) is 0 Å². The maximum Gasteiger partial charge on any atom is 0.271 e. The van der Waals surface area contributed by atoms with Crippen molar-refractivity contribution >= 4 is 17.7 Å². The molecule has 1 amide bonds. The van der Waals surface area contributed by atoms with Crippen LogP contribution in [0.3, 0.4) is 0 Å². The van der Waals surface area contributed by atoms with Gasteiger partial charge in [-0.25, -0.2) is 9.36 Å². The molecule has 2 heterocycles. The van der Waals surface area contributed by atoms with Gasteiger partial charge < -0.3 is 11.2 Å². The molecule has 0 aliphatic heterocycles. The molecule has 0 spiro atoms. The Kier molecular flexibility index (Phi) is 5.57. The van der Waals surface area contributed by atoms with E-state index >= 15 is 0 Å². The topological polar surface area (TPSA) is 104 Å². The quantitative estimate of drug-likeness (QED) is 0.478. The summed E-state index contributed by atoms with van der Waals surface area (Å²) in [4.78, 5) is 12.0. The monoisotopic (exact) mass is 371 g/mol. The number of carbonyl (C=O) groups is 1. The second-order valence-electron chi connectivity index (χ2n) is 5.87. The Morgan fingerprint density at radius 2 is 2.00 bits per heavy atom. The van der Waals surface area contributed by atoms with Crippen LogP contribution in [0, 0.1) is 13.8 Å². The average Bonchev–Trinajstić information content (AvgIpc) is 3.15. The zero-order chi connectivity index (χ0) is 18.5. The van der Waals surface area contributed by atoms with E-state index in [9.17, 15) is 4.79 Å². The number of amides is 1. The summed E-state index contributed by atoms with van der Waals surface area (Å²) in [5.74, 6) is 6.63. The fourth-order valence-electron chi connectivity index (χ4n) is 2.52. The predicted molar refractivity (Wildman–Crippen MR) is 101 cm³/mol. The smallest absolute Gasteiger partial charge is 0.271 e. The molecule has 0 aliphatic rings. The summed E-state index contributed by atoms with van der Waals surface area (Å²) in [6.45, 7) is 4.41. The lowest BCUT2D eigenvalue weighted by molar-refractivity contribution is -0.118. The molecule has 26 heavy (non-hydrogen) atoms. The third-order valence-electron chi connectivity index (χ3n) is 3.76. The van der Waals surface area contributed by atoms with E-state index in [1.165, 1.54) is 22.0 Å². The number of thioether (sulfide) groups is 1. The lowest BCUT2D eigenvalue weighted by Gasteiger charge is -2.06. The number of aryl methyl sites for hydroxylation is 2. The highest BCUT2D eigenvalue weighted by Crippen LogP contribution is 2.17. The Hall–Kier alpha value is -2.81. The van der Waals surface area contributed by atoms with Crippen LogP contribution in [-0.2, 0) is 11.2 Å². The maximum atomic E-state index is 12.0. The lowest BCUT2D eigenvalue weighted by Crippen LogP contribution is -2.27. The molecule has 9 heteroatoms. The first-order chi connectivity index (χ1) is 12.5. The van der Waals surface area contributed by atoms with Crippen molar-refractivity contribution in [2.45, 2.75) is 25.4 Å². The van der Waals surface area contributed by atoms with E-state index in [4.69, 9.17) is 5.84 Å². The van der Waals surface area contributed by atoms with E-state index in [1.807, 2.05) is 50.2 Å². The second kappa shape index (κ2) is 8.05. The van der Waals surface area contributed by atoms with Crippen LogP contribution in [0.5, 0.6) is 0 Å². The molecule has 3 N–H and O–H groups in total. The minimum absolute atomic E-state index is 0.0680. The predicted octanol–water partition coefficient (Wildman–Crippen LogP) is 1.25. The van der Waals surface area contributed by atoms with Crippen LogP contribution in [0.25, 0.3) is 5.95 Å². The first kappa shape index (κ1) is 18.0. The molecule has 0 saturated carbocycles. The highest BCUT2D eigenvalue weighted by atomic mass is 32.2. The molecule has 0 atom stereocenters. The highest BCUT2D eigenvalue weighted by Gasteiger charge is 2.15. The number of aromatic nitrogens is 5. The van der Waals surface area contributed by atoms with E-state index in [1.54, 1.807) is 4.68 Å². The molecule has 0 unspecified atom stereocenters. The Bertz CT molecular complexity index is 888. The Balaban J connectivity index is 1.52. The van der Waals surface area contributed by atoms with Crippen molar-refractivity contribution in [3.05, 3.63) is 53.3 Å². The van der Waals surface area contributed by atoms with Gasteiger partial charge in [-0.05, 0) is 31.9 Å². The van der Waals surface area contributed by atoms with Gasteiger partial charge in [0.15, 0.2) is 0 Å². The van der Waals surface area contributed by atoms with Gasteiger partial charge in [0.2, 0.25) is 11.1 Å². The van der Waals surface area contributed by atoms with Crippen LogP contribution >= 0.6 is 11.8 Å². The third-order valence-corrected chi connectivity index (χ3v) is 4.70. The van der Waals surface area contributed by atoms with E-state index in [0.29, 0.717) is 17.6 Å². The van der Waals surface area contributed by atoms with Gasteiger partial charge in [-0.1, -0.05) is 42.1 Å². The molecule has 3 aromatic rings. The highest BCUT2D eigenvalue weighted by molar-refractivity contribution is 7.99. The first-order valence-corrected chi connectivity index (χ1v) is 9.20. The minimum atomic E-state index is -0.0680. The number of nitrogens with one attached hydrogen (secondary N) is 1. The van der Waals surface area contributed by atoms with Gasteiger partial charge in [0.1, 0.15) is 0 Å². The Labute approximate surface area is 155 Å². The van der Waals surface area contributed by atoms with Gasteiger partial charge in [-0.15, -0.1) is 10.2 Å². The van der Waals surface area contributed by atoms with Gasteiger partial charge in [0.25, 0.3) is 5.95 Å². The zero-order valence-corrected chi connectivity index (χ0v) is 15.5. The molecule has 2 aromatic heterocycles. The summed E-state index contributed by atoms with van der Waals surface area (Å²) in [6.07, 6.45) is 0.798. The van der Waals surface area contributed by atoms with Gasteiger partial charge in [0.05, 0.1) is 11.4 Å². The molecule has 0 bridgehead atoms. The lowest BCUT2D eigenvalue weighted by atomic mass is 10.1. The normalized spacial score (nSPS) is 10.8. The fourth-order valence-corrected chi connectivity index (χ4v) is 3.20. The SMILES string of the molecule is Cc1cc(C)n(-c2nnc(SCC(=O)NCCc3ccccc3)n2N)n1. The molecule has 0 saturated heterocycles. The van der Waals surface area contributed by atoms with Gasteiger partial charge >= 0.3 is 0 Å². The molecule has 0 radical (unpaired) electrons. The van der Waals surface area contributed by atoms with E-state index < -0.39 is 0 Å². The van der Waals surface area contributed by atoms with Crippen molar-refractivity contribution in [3.63, 3.8) is 0 Å². The average molecular weight is 371 g/mol. The number of carbonyl (C=O) groups excluding carboxylic acids is 1. The van der Waals surface area contributed by atoms with Crippen LogP contribution in [0.2, 0.25) is 0 Å². The Morgan fingerprint density at radius 3 is 2.69 bits per heavy atom. The summed E-state index contributed by atoms with van der Waals surface area (Å²) >= 11 is 1.24. The number of nitrogen functional groups attached to an aromatic ring is 1. The van der Waals surface area contributed by atoms with Crippen molar-refractivity contribution in [2.75, 3.05) is 18.1 Å². The number of hydrogen-bond donors (Lipinski definition) is 2. The van der Waals surface area contributed by atoms with Crippen molar-refractivity contribution < 1.29 is 4.79 Å². The van der Waals surface area contributed by atoms with Gasteiger partial charge in [-0.2, -0.15) is 5.10 Å². The van der Waals surface area contributed by atoms with E-state index in [-0.39, 0.29) is 11.7 Å². The van der Waals surface area contributed by atoms with E-state index in [2.05, 4.69) is 20.6 Å². The molecule has 136 valence electrons. The van der Waals surface area contributed by atoms with Gasteiger partial charge in [-0.3, -0.25) is 4.79 Å². The summed E-state index contributed by atoms with van der Waals surface area (Å²) in [5.41, 5.74) is 2.98. The number of nitrogens with zero attached hydrogens (tertiary/aromatic N) is 5. The molecular formula is C17H21N7OS. The van der Waals surface area contributed by atoms with Crippen molar-refractivity contribution in [3.8, 4) is 5.95 Å². The van der Waals surface area contributed by atoms with Crippen molar-refractivity contribution in [1.82, 2.24) is 30.0 Å². The maximum absolute atomic E-state index is 12.0. The fraction of sp³-hybridized carbons (Fsp3) is 0.294. The molecule has 0 aliphatic carbocycles. The summed E-state index contributed by atoms with van der Waals surface area (Å²) in [6, 6.07) is 12.0. The molecule has 1 aromatic carbocycles. The standard InChI is InChI=1S/C17H21N7OS/c1-12-10-13(2)24(22-12)16-20-21-17(23(16)18)26-11-15(25)19-9-8-14-6-4-3-5-7-14/h3-7,10H,8-9,11,18H2,1-2H3,(H,19,25). The summed E-state index contributed by atoms with van der Waals surface area (Å²) in [7, 11) is 0. The number of rotatable bonds is 7. The van der Waals surface area contributed by atoms with Crippen molar-refractivity contribution in [2.24, 2.45) is 0 Å². The number of nitrogens with two attached hydrogens (primary N) is 1. The van der Waals surface area contributed by atoms with Crippen LogP contribution in [0.15, 0.2) is 41.6 Å². The molecule has 3 rings (SSSR count). The van der Waals surface area contributed by atoms with Crippen LogP contribution < -0.4 is 11.2 Å². The summed E-state index contributed by atoms with van der Waals surface area (Å²) in [5, 5.41) is 15.8. The zero-order valence-electron chi connectivity index (χ0n) is 14.7. The summed E-state index contributed by atoms with van der Waals surface area (Å²) < 4.78 is 2.98. The number of benzene rings is 1. The second-order valence-corrected chi connectivity index (χ2v) is 6.81. The van der Waals surface area contributed by atoms with Crippen LogP contribution in [-0.4, -0.2) is 42.9 Å². The van der Waals surface area contributed by atoms with Crippen LogP contribution in [0.1, 0.15) is 17.0 Å². The largest absolute Gasteiger partial charge is 0.355 e. The molecule has 0 fully saturated rings. The number of hydrogen-bond acceptors (Lipinski definition) is 6. The van der Waals surface area contributed by atoms with Crippen LogP contribution in [0.4, 0.5) is 0 Å².